The fraction of sp³-hybridized carbons (Fsp3) is 0.0952. The van der Waals surface area contributed by atoms with E-state index in [1.165, 1.54) is 6.07 Å². The Hall–Kier alpha value is -3.26. The number of aryl methyl sites for hydroxylation is 1. The summed E-state index contributed by atoms with van der Waals surface area (Å²) < 4.78 is 16.9. The predicted molar refractivity (Wildman–Crippen MR) is 114 cm³/mol. The molecule has 2 heterocycles. The molecule has 0 unspecified atom stereocenters. The van der Waals surface area contributed by atoms with Gasteiger partial charge in [-0.15, -0.1) is 0 Å². The van der Waals surface area contributed by atoms with Gasteiger partial charge in [-0.2, -0.15) is 5.10 Å². The van der Waals surface area contributed by atoms with Gasteiger partial charge < -0.3 is 10.6 Å². The molecule has 146 valence electrons. The van der Waals surface area contributed by atoms with Crippen LogP contribution in [-0.4, -0.2) is 20.7 Å². The van der Waals surface area contributed by atoms with E-state index >= 15 is 0 Å². The van der Waals surface area contributed by atoms with Crippen LogP contribution >= 0.6 is 15.9 Å². The number of rotatable bonds is 5. The number of pyridine rings is 1. The highest BCUT2D eigenvalue weighted by molar-refractivity contribution is 9.10. The Bertz CT molecular complexity index is 1210. The Balaban J connectivity index is 1.56. The normalized spacial score (nSPS) is 10.9. The van der Waals surface area contributed by atoms with Crippen LogP contribution in [0.25, 0.3) is 10.9 Å². The summed E-state index contributed by atoms with van der Waals surface area (Å²) in [7, 11) is 1.83. The number of aromatic nitrogens is 3. The Morgan fingerprint density at radius 2 is 2.07 bits per heavy atom. The first-order valence-electron chi connectivity index (χ1n) is 8.87. The molecule has 0 radical (unpaired) electrons. The molecule has 0 fully saturated rings. The molecule has 0 atom stereocenters. The van der Waals surface area contributed by atoms with Gasteiger partial charge in [0.25, 0.3) is 5.91 Å². The molecule has 8 heteroatoms. The first-order valence-corrected chi connectivity index (χ1v) is 9.66. The lowest BCUT2D eigenvalue weighted by Gasteiger charge is -2.13. The monoisotopic (exact) mass is 453 g/mol. The zero-order valence-electron chi connectivity index (χ0n) is 15.5. The van der Waals surface area contributed by atoms with Gasteiger partial charge in [0.2, 0.25) is 0 Å². The number of benzene rings is 2. The van der Waals surface area contributed by atoms with Crippen molar-refractivity contribution in [1.82, 2.24) is 14.8 Å². The van der Waals surface area contributed by atoms with Crippen LogP contribution in [0.4, 0.5) is 15.8 Å². The van der Waals surface area contributed by atoms with E-state index in [0.717, 1.165) is 16.5 Å². The minimum atomic E-state index is -0.595. The maximum atomic E-state index is 14.5. The van der Waals surface area contributed by atoms with Gasteiger partial charge in [-0.3, -0.25) is 9.48 Å². The standard InChI is InChI=1S/C21H17BrFN5O/c1-28-12-14-5-6-15(10-18(14)27-28)26-21(29)20-16(23)3-2-4-17(20)25-11-13-7-8-24-19(22)9-13/h2-10,12,25H,11H2,1H3,(H,26,29). The summed E-state index contributed by atoms with van der Waals surface area (Å²) >= 11 is 3.32. The number of amides is 1. The van der Waals surface area contributed by atoms with Gasteiger partial charge in [-0.1, -0.05) is 6.07 Å². The van der Waals surface area contributed by atoms with E-state index < -0.39 is 11.7 Å². The van der Waals surface area contributed by atoms with E-state index in [0.29, 0.717) is 22.5 Å². The van der Waals surface area contributed by atoms with Crippen molar-refractivity contribution in [3.8, 4) is 0 Å². The van der Waals surface area contributed by atoms with Gasteiger partial charge in [0.1, 0.15) is 10.4 Å². The van der Waals surface area contributed by atoms with Crippen molar-refractivity contribution in [3.63, 3.8) is 0 Å². The third-order valence-electron chi connectivity index (χ3n) is 4.39. The first kappa shape index (κ1) is 19.1. The van der Waals surface area contributed by atoms with Crippen LogP contribution in [0.1, 0.15) is 15.9 Å². The van der Waals surface area contributed by atoms with Crippen LogP contribution < -0.4 is 10.6 Å². The van der Waals surface area contributed by atoms with E-state index in [-0.39, 0.29) is 5.56 Å². The molecule has 4 aromatic rings. The zero-order valence-corrected chi connectivity index (χ0v) is 17.1. The number of nitrogens with one attached hydrogen (secondary N) is 2. The second kappa shape index (κ2) is 8.00. The van der Waals surface area contributed by atoms with Crippen molar-refractivity contribution in [2.24, 2.45) is 7.05 Å². The average Bonchev–Trinajstić information content (AvgIpc) is 3.05. The molecule has 6 nitrogen and oxygen atoms in total. The van der Waals surface area contributed by atoms with E-state index in [2.05, 4.69) is 36.6 Å². The topological polar surface area (TPSA) is 71.8 Å². The number of carbonyl (C=O) groups is 1. The Morgan fingerprint density at radius 3 is 2.90 bits per heavy atom. The predicted octanol–water partition coefficient (Wildman–Crippen LogP) is 4.73. The van der Waals surface area contributed by atoms with Crippen LogP contribution in [0.15, 0.2) is 65.5 Å². The molecule has 0 saturated carbocycles. The molecule has 0 aliphatic rings. The third kappa shape index (κ3) is 4.27. The molecule has 2 aromatic heterocycles. The van der Waals surface area contributed by atoms with Gasteiger partial charge in [-0.25, -0.2) is 9.37 Å². The lowest BCUT2D eigenvalue weighted by molar-refractivity contribution is 0.102. The van der Waals surface area contributed by atoms with Gasteiger partial charge in [0.15, 0.2) is 0 Å². The molecule has 1 amide bonds. The van der Waals surface area contributed by atoms with Crippen molar-refractivity contribution in [1.29, 1.82) is 0 Å². The lowest BCUT2D eigenvalue weighted by atomic mass is 10.1. The molecule has 29 heavy (non-hydrogen) atoms. The number of fused-ring (bicyclic) bond motifs is 1. The number of hydrogen-bond donors (Lipinski definition) is 2. The highest BCUT2D eigenvalue weighted by Crippen LogP contribution is 2.23. The summed E-state index contributed by atoms with van der Waals surface area (Å²) in [5.41, 5.74) is 2.62. The van der Waals surface area contributed by atoms with Gasteiger partial charge in [0.05, 0.1) is 16.8 Å². The molecular weight excluding hydrogens is 437 g/mol. The van der Waals surface area contributed by atoms with Crippen LogP contribution in [0, 0.1) is 5.82 Å². The van der Waals surface area contributed by atoms with Crippen molar-refractivity contribution < 1.29 is 9.18 Å². The van der Waals surface area contributed by atoms with Crippen LogP contribution in [0.2, 0.25) is 0 Å². The van der Waals surface area contributed by atoms with E-state index in [9.17, 15) is 9.18 Å². The highest BCUT2D eigenvalue weighted by Gasteiger charge is 2.17. The highest BCUT2D eigenvalue weighted by atomic mass is 79.9. The Labute approximate surface area is 174 Å². The fourth-order valence-corrected chi connectivity index (χ4v) is 3.48. The van der Waals surface area contributed by atoms with Gasteiger partial charge in [-0.05, 0) is 64.0 Å². The van der Waals surface area contributed by atoms with Crippen molar-refractivity contribution >= 4 is 44.1 Å². The quantitative estimate of drug-likeness (QED) is 0.428. The summed E-state index contributed by atoms with van der Waals surface area (Å²) in [5.74, 6) is -1.13. The largest absolute Gasteiger partial charge is 0.380 e. The number of halogens is 2. The second-order valence-corrected chi connectivity index (χ2v) is 7.35. The summed E-state index contributed by atoms with van der Waals surface area (Å²) in [6, 6.07) is 13.6. The SMILES string of the molecule is Cn1cc2ccc(NC(=O)c3c(F)cccc3NCc3ccnc(Br)c3)cc2n1. The van der Waals surface area contributed by atoms with Crippen LogP contribution in [-0.2, 0) is 13.6 Å². The average molecular weight is 454 g/mol. The van der Waals surface area contributed by atoms with Crippen molar-refractivity contribution in [3.05, 3.63) is 82.5 Å². The fourth-order valence-electron chi connectivity index (χ4n) is 3.06. The molecule has 0 spiro atoms. The molecule has 0 aliphatic carbocycles. The van der Waals surface area contributed by atoms with E-state index in [1.807, 2.05) is 31.4 Å². The Morgan fingerprint density at radius 1 is 1.21 bits per heavy atom. The lowest BCUT2D eigenvalue weighted by Crippen LogP contribution is -2.16. The Kier molecular flexibility index (Phi) is 5.26. The number of hydrogen-bond acceptors (Lipinski definition) is 4. The van der Waals surface area contributed by atoms with Gasteiger partial charge >= 0.3 is 0 Å². The molecule has 0 aliphatic heterocycles. The second-order valence-electron chi connectivity index (χ2n) is 6.53. The summed E-state index contributed by atoms with van der Waals surface area (Å²) in [4.78, 5) is 16.9. The number of nitrogens with zero attached hydrogens (tertiary/aromatic N) is 3. The smallest absolute Gasteiger partial charge is 0.260 e. The van der Waals surface area contributed by atoms with Crippen LogP contribution in [0.5, 0.6) is 0 Å². The molecule has 0 bridgehead atoms. The minimum Gasteiger partial charge on any atom is -0.380 e. The zero-order chi connectivity index (χ0) is 20.4. The number of anilines is 2. The van der Waals surface area contributed by atoms with Gasteiger partial charge in [0, 0.05) is 37.1 Å². The molecule has 2 aromatic carbocycles. The molecule has 4 rings (SSSR count). The maximum absolute atomic E-state index is 14.5. The molecule has 0 saturated heterocycles. The summed E-state index contributed by atoms with van der Waals surface area (Å²) in [6.45, 7) is 0.421. The minimum absolute atomic E-state index is 0.0401. The first-order chi connectivity index (χ1) is 14.0. The summed E-state index contributed by atoms with van der Waals surface area (Å²) in [5, 5.41) is 11.2. The van der Waals surface area contributed by atoms with E-state index in [1.54, 1.807) is 35.1 Å². The van der Waals surface area contributed by atoms with E-state index in [4.69, 9.17) is 0 Å². The molecule has 2 N–H and O–H groups in total. The summed E-state index contributed by atoms with van der Waals surface area (Å²) in [6.07, 6.45) is 3.56. The van der Waals surface area contributed by atoms with Crippen molar-refractivity contribution in [2.45, 2.75) is 6.54 Å². The van der Waals surface area contributed by atoms with Crippen LogP contribution in [0.3, 0.4) is 0 Å². The van der Waals surface area contributed by atoms with Crippen molar-refractivity contribution in [2.75, 3.05) is 10.6 Å². The maximum Gasteiger partial charge on any atom is 0.260 e. The number of carbonyl (C=O) groups excluding carboxylic acids is 1. The molecular formula is C21H17BrFN5O. The third-order valence-corrected chi connectivity index (χ3v) is 4.83.